The molecule has 1 aliphatic heterocycles. The van der Waals surface area contributed by atoms with E-state index in [1.165, 1.54) is 11.8 Å². The Morgan fingerprint density at radius 2 is 1.91 bits per heavy atom. The molecule has 33 heavy (non-hydrogen) atoms. The molecule has 1 saturated heterocycles. The van der Waals surface area contributed by atoms with Gasteiger partial charge in [-0.2, -0.15) is 0 Å². The van der Waals surface area contributed by atoms with Crippen LogP contribution in [-0.2, 0) is 4.79 Å². The summed E-state index contributed by atoms with van der Waals surface area (Å²) >= 11 is 1.35. The predicted octanol–water partition coefficient (Wildman–Crippen LogP) is 3.45. The van der Waals surface area contributed by atoms with Crippen molar-refractivity contribution in [1.29, 1.82) is 0 Å². The summed E-state index contributed by atoms with van der Waals surface area (Å²) in [6.45, 7) is 8.88. The van der Waals surface area contributed by atoms with Crippen molar-refractivity contribution in [3.63, 3.8) is 0 Å². The van der Waals surface area contributed by atoms with Gasteiger partial charge in [0.2, 0.25) is 5.91 Å². The lowest BCUT2D eigenvalue weighted by Crippen LogP contribution is -2.49. The number of carbonyl (C=O) groups excluding carboxylic acids is 1. The number of nitrogens with one attached hydrogen (secondary N) is 1. The minimum Gasteiger partial charge on any atom is -0.497 e. The van der Waals surface area contributed by atoms with Crippen LogP contribution in [-0.4, -0.2) is 64.4 Å². The van der Waals surface area contributed by atoms with E-state index < -0.39 is 0 Å². The largest absolute Gasteiger partial charge is 0.497 e. The maximum atomic E-state index is 13.1. The number of aromatic amines is 1. The summed E-state index contributed by atoms with van der Waals surface area (Å²) in [4.78, 5) is 38.1. The van der Waals surface area contributed by atoms with Gasteiger partial charge in [0.15, 0.2) is 5.16 Å². The molecule has 1 amide bonds. The molecule has 9 heteroatoms. The van der Waals surface area contributed by atoms with Crippen molar-refractivity contribution >= 4 is 34.4 Å². The second-order valence-electron chi connectivity index (χ2n) is 8.39. The molecule has 1 aliphatic rings. The highest BCUT2D eigenvalue weighted by molar-refractivity contribution is 7.99. The molecule has 3 aromatic rings. The van der Waals surface area contributed by atoms with E-state index in [4.69, 9.17) is 9.72 Å². The van der Waals surface area contributed by atoms with Crippen LogP contribution in [0.15, 0.2) is 40.3 Å². The van der Waals surface area contributed by atoms with E-state index in [0.717, 1.165) is 36.6 Å². The van der Waals surface area contributed by atoms with Crippen LogP contribution >= 0.6 is 11.8 Å². The fraction of sp³-hybridized carbons (Fsp3) is 0.458. The minimum absolute atomic E-state index is 0.00338. The first-order valence-electron chi connectivity index (χ1n) is 11.3. The maximum Gasteiger partial charge on any atom is 0.278 e. The number of fused-ring (bicyclic) bond motifs is 1. The highest BCUT2D eigenvalue weighted by atomic mass is 32.2. The Morgan fingerprint density at radius 3 is 2.55 bits per heavy atom. The first-order chi connectivity index (χ1) is 15.9. The van der Waals surface area contributed by atoms with Gasteiger partial charge in [-0.3, -0.25) is 14.2 Å². The van der Waals surface area contributed by atoms with Crippen molar-refractivity contribution in [3.05, 3.63) is 46.4 Å². The molecule has 0 bridgehead atoms. The number of thioether (sulfide) groups is 1. The van der Waals surface area contributed by atoms with Gasteiger partial charge in [0.1, 0.15) is 11.3 Å². The number of amides is 1. The number of carbonyl (C=O) groups is 1. The Morgan fingerprint density at radius 1 is 1.21 bits per heavy atom. The van der Waals surface area contributed by atoms with Crippen LogP contribution in [0.4, 0.5) is 5.69 Å². The standard InChI is InChI=1S/C24H31N5O3S/c1-5-17(3)29-23(31)22-20(14-16(2)25-22)26-24(29)33-15-21(30)28-12-10-27(11-13-28)18-6-8-19(32-4)9-7-18/h6-9,14,17,25H,5,10-13,15H2,1-4H3/t17-/m0/s1. The van der Waals surface area contributed by atoms with E-state index in [1.54, 1.807) is 11.7 Å². The molecule has 3 heterocycles. The molecule has 176 valence electrons. The highest BCUT2D eigenvalue weighted by Gasteiger charge is 2.23. The lowest BCUT2D eigenvalue weighted by atomic mass is 10.2. The van der Waals surface area contributed by atoms with Crippen molar-refractivity contribution in [2.75, 3.05) is 43.9 Å². The van der Waals surface area contributed by atoms with Crippen LogP contribution in [0.1, 0.15) is 32.0 Å². The number of ether oxygens (including phenoxy) is 1. The minimum atomic E-state index is -0.0782. The van der Waals surface area contributed by atoms with Gasteiger partial charge in [0.25, 0.3) is 5.56 Å². The van der Waals surface area contributed by atoms with E-state index >= 15 is 0 Å². The van der Waals surface area contributed by atoms with Gasteiger partial charge in [0.05, 0.1) is 18.4 Å². The normalized spacial score (nSPS) is 15.2. The zero-order chi connectivity index (χ0) is 23.5. The van der Waals surface area contributed by atoms with E-state index in [2.05, 4.69) is 9.88 Å². The van der Waals surface area contributed by atoms with E-state index in [0.29, 0.717) is 29.3 Å². The molecule has 0 unspecified atom stereocenters. The summed E-state index contributed by atoms with van der Waals surface area (Å²) < 4.78 is 6.95. The fourth-order valence-electron chi connectivity index (χ4n) is 4.09. The van der Waals surface area contributed by atoms with Crippen molar-refractivity contribution in [1.82, 2.24) is 19.4 Å². The Kier molecular flexibility index (Phi) is 6.97. The quantitative estimate of drug-likeness (QED) is 0.422. The topological polar surface area (TPSA) is 83.5 Å². The second kappa shape index (κ2) is 9.91. The lowest BCUT2D eigenvalue weighted by Gasteiger charge is -2.36. The summed E-state index contributed by atoms with van der Waals surface area (Å²) in [6, 6.07) is 9.88. The lowest BCUT2D eigenvalue weighted by molar-refractivity contribution is -0.128. The third-order valence-corrected chi connectivity index (χ3v) is 7.15. The number of hydrogen-bond donors (Lipinski definition) is 1. The number of anilines is 1. The van der Waals surface area contributed by atoms with Gasteiger partial charge in [-0.15, -0.1) is 0 Å². The molecule has 1 aromatic carbocycles. The van der Waals surface area contributed by atoms with Gasteiger partial charge in [-0.1, -0.05) is 18.7 Å². The Balaban J connectivity index is 1.42. The van der Waals surface area contributed by atoms with Crippen LogP contribution in [0, 0.1) is 6.92 Å². The number of rotatable bonds is 7. The number of aryl methyl sites for hydroxylation is 1. The highest BCUT2D eigenvalue weighted by Crippen LogP contribution is 2.24. The van der Waals surface area contributed by atoms with E-state index in [9.17, 15) is 9.59 Å². The molecule has 0 radical (unpaired) electrons. The predicted molar refractivity (Wildman–Crippen MR) is 133 cm³/mol. The van der Waals surface area contributed by atoms with Gasteiger partial charge in [0, 0.05) is 43.6 Å². The zero-order valence-electron chi connectivity index (χ0n) is 19.6. The van der Waals surface area contributed by atoms with E-state index in [-0.39, 0.29) is 23.3 Å². The van der Waals surface area contributed by atoms with Crippen LogP contribution in [0.25, 0.3) is 11.0 Å². The summed E-state index contributed by atoms with van der Waals surface area (Å²) in [5, 5.41) is 0.603. The summed E-state index contributed by atoms with van der Waals surface area (Å²) in [5.41, 5.74) is 3.14. The number of nitrogens with zero attached hydrogens (tertiary/aromatic N) is 4. The van der Waals surface area contributed by atoms with Crippen LogP contribution in [0.3, 0.4) is 0 Å². The zero-order valence-corrected chi connectivity index (χ0v) is 20.4. The molecule has 1 atom stereocenters. The maximum absolute atomic E-state index is 13.1. The Hall–Kier alpha value is -2.94. The molecule has 0 spiro atoms. The third-order valence-electron chi connectivity index (χ3n) is 6.21. The first kappa shape index (κ1) is 23.2. The van der Waals surface area contributed by atoms with Crippen molar-refractivity contribution in [2.24, 2.45) is 0 Å². The monoisotopic (exact) mass is 469 g/mol. The molecule has 1 N–H and O–H groups in total. The molecule has 0 saturated carbocycles. The molecular formula is C24H31N5O3S. The Bertz CT molecular complexity index is 1180. The number of benzene rings is 1. The number of methoxy groups -OCH3 is 1. The molecular weight excluding hydrogens is 438 g/mol. The summed E-state index contributed by atoms with van der Waals surface area (Å²) in [5.74, 6) is 1.17. The average Bonchev–Trinajstić information content (AvgIpc) is 3.23. The molecule has 4 rings (SSSR count). The summed E-state index contributed by atoms with van der Waals surface area (Å²) in [7, 11) is 1.66. The van der Waals surface area contributed by atoms with Gasteiger partial charge in [-0.05, 0) is 50.6 Å². The molecule has 8 nitrogen and oxygen atoms in total. The van der Waals surface area contributed by atoms with Gasteiger partial charge < -0.3 is 19.5 Å². The summed E-state index contributed by atoms with van der Waals surface area (Å²) in [6.07, 6.45) is 0.807. The van der Waals surface area contributed by atoms with Crippen molar-refractivity contribution in [3.8, 4) is 5.75 Å². The number of piperazine rings is 1. The number of H-pyrrole nitrogens is 1. The van der Waals surface area contributed by atoms with Crippen molar-refractivity contribution in [2.45, 2.75) is 38.4 Å². The van der Waals surface area contributed by atoms with Crippen molar-refractivity contribution < 1.29 is 9.53 Å². The first-order valence-corrected chi connectivity index (χ1v) is 12.3. The smallest absolute Gasteiger partial charge is 0.278 e. The third kappa shape index (κ3) is 4.88. The second-order valence-corrected chi connectivity index (χ2v) is 9.34. The number of hydrogen-bond acceptors (Lipinski definition) is 6. The molecule has 1 fully saturated rings. The Labute approximate surface area is 197 Å². The number of aromatic nitrogens is 3. The van der Waals surface area contributed by atoms with Gasteiger partial charge >= 0.3 is 0 Å². The SMILES string of the molecule is CC[C@H](C)n1c(SCC(=O)N2CCN(c3ccc(OC)cc3)CC2)nc2cc(C)[nH]c2c1=O. The van der Waals surface area contributed by atoms with E-state index in [1.807, 2.05) is 56.0 Å². The fourth-order valence-corrected chi connectivity index (χ4v) is 5.09. The van der Waals surface area contributed by atoms with Crippen LogP contribution in [0.2, 0.25) is 0 Å². The molecule has 2 aromatic heterocycles. The molecule has 0 aliphatic carbocycles. The average molecular weight is 470 g/mol. The van der Waals surface area contributed by atoms with Crippen LogP contribution < -0.4 is 15.2 Å². The van der Waals surface area contributed by atoms with Crippen LogP contribution in [0.5, 0.6) is 5.75 Å². The van der Waals surface area contributed by atoms with Gasteiger partial charge in [-0.25, -0.2) is 4.98 Å².